The molecular formula is C15H23N3O. The molecule has 0 bridgehead atoms. The van der Waals surface area contributed by atoms with Gasteiger partial charge in [-0.05, 0) is 38.3 Å². The highest BCUT2D eigenvalue weighted by Gasteiger charge is 2.10. The van der Waals surface area contributed by atoms with Crippen molar-refractivity contribution in [3.63, 3.8) is 0 Å². The van der Waals surface area contributed by atoms with Gasteiger partial charge in [0, 0.05) is 24.6 Å². The summed E-state index contributed by atoms with van der Waals surface area (Å²) < 4.78 is 5.76. The Hall–Kier alpha value is -1.60. The van der Waals surface area contributed by atoms with Gasteiger partial charge in [0.15, 0.2) is 0 Å². The summed E-state index contributed by atoms with van der Waals surface area (Å²) in [5.74, 6) is 0.825. The predicted octanol–water partition coefficient (Wildman–Crippen LogP) is 2.74. The number of aromatic nitrogens is 1. The molecule has 0 spiro atoms. The molecule has 0 aliphatic carbocycles. The highest BCUT2D eigenvalue weighted by atomic mass is 16.5. The maximum absolute atomic E-state index is 8.47. The lowest BCUT2D eigenvalue weighted by atomic mass is 10.1. The number of hydrogen-bond donors (Lipinski definition) is 1. The van der Waals surface area contributed by atoms with Crippen LogP contribution in [0.15, 0.2) is 12.1 Å². The fourth-order valence-corrected chi connectivity index (χ4v) is 1.76. The highest BCUT2D eigenvalue weighted by molar-refractivity contribution is 5.30. The van der Waals surface area contributed by atoms with Crippen LogP contribution in [0.5, 0.6) is 5.75 Å². The van der Waals surface area contributed by atoms with E-state index in [2.05, 4.69) is 18.0 Å². The van der Waals surface area contributed by atoms with Crippen LogP contribution < -0.4 is 10.5 Å². The van der Waals surface area contributed by atoms with Crippen LogP contribution in [0.25, 0.3) is 0 Å². The van der Waals surface area contributed by atoms with Crippen LogP contribution in [0, 0.1) is 18.3 Å². The number of nitriles is 1. The third-order valence-electron chi connectivity index (χ3n) is 2.99. The zero-order valence-corrected chi connectivity index (χ0v) is 11.9. The van der Waals surface area contributed by atoms with E-state index in [-0.39, 0.29) is 6.04 Å². The van der Waals surface area contributed by atoms with E-state index in [1.807, 2.05) is 19.1 Å². The summed E-state index contributed by atoms with van der Waals surface area (Å²) in [5, 5.41) is 8.47. The minimum Gasteiger partial charge on any atom is -0.492 e. The molecule has 19 heavy (non-hydrogen) atoms. The van der Waals surface area contributed by atoms with Crippen molar-refractivity contribution in [2.75, 3.05) is 6.61 Å². The van der Waals surface area contributed by atoms with Gasteiger partial charge in [-0.25, -0.2) is 0 Å². The molecule has 0 amide bonds. The average molecular weight is 261 g/mol. The highest BCUT2D eigenvalue weighted by Crippen LogP contribution is 2.19. The summed E-state index contributed by atoms with van der Waals surface area (Å²) in [6, 6.07) is 6.17. The Morgan fingerprint density at radius 2 is 2.21 bits per heavy atom. The molecule has 0 aliphatic heterocycles. The van der Waals surface area contributed by atoms with Gasteiger partial charge in [-0.3, -0.25) is 4.98 Å². The van der Waals surface area contributed by atoms with Gasteiger partial charge in [0.2, 0.25) is 0 Å². The number of rotatable bonds is 8. The molecule has 1 aromatic heterocycles. The van der Waals surface area contributed by atoms with Crippen LogP contribution in [0.4, 0.5) is 0 Å². The van der Waals surface area contributed by atoms with Gasteiger partial charge >= 0.3 is 0 Å². The van der Waals surface area contributed by atoms with Crippen molar-refractivity contribution in [3.05, 3.63) is 23.5 Å². The van der Waals surface area contributed by atoms with Crippen molar-refractivity contribution in [1.82, 2.24) is 4.98 Å². The van der Waals surface area contributed by atoms with E-state index >= 15 is 0 Å². The molecule has 1 atom stereocenters. The van der Waals surface area contributed by atoms with E-state index in [9.17, 15) is 0 Å². The lowest BCUT2D eigenvalue weighted by molar-refractivity contribution is 0.302. The van der Waals surface area contributed by atoms with E-state index < -0.39 is 0 Å². The maximum atomic E-state index is 8.47. The minimum atomic E-state index is 0.121. The molecule has 4 nitrogen and oxygen atoms in total. The average Bonchev–Trinajstić information content (AvgIpc) is 2.40. The predicted molar refractivity (Wildman–Crippen MR) is 75.9 cm³/mol. The summed E-state index contributed by atoms with van der Waals surface area (Å²) in [5.41, 5.74) is 7.91. The van der Waals surface area contributed by atoms with E-state index in [0.717, 1.165) is 42.8 Å². The third kappa shape index (κ3) is 5.71. The zero-order chi connectivity index (χ0) is 14.1. The second-order valence-electron chi connectivity index (χ2n) is 4.73. The van der Waals surface area contributed by atoms with Crippen molar-refractivity contribution in [2.24, 2.45) is 5.73 Å². The number of unbranched alkanes of at least 4 members (excludes halogenated alkanes) is 2. The summed E-state index contributed by atoms with van der Waals surface area (Å²) in [4.78, 5) is 4.52. The Labute approximate surface area is 115 Å². The summed E-state index contributed by atoms with van der Waals surface area (Å²) in [7, 11) is 0. The molecule has 0 saturated heterocycles. The van der Waals surface area contributed by atoms with Crippen molar-refractivity contribution >= 4 is 0 Å². The van der Waals surface area contributed by atoms with E-state index in [4.69, 9.17) is 15.7 Å². The summed E-state index contributed by atoms with van der Waals surface area (Å²) in [6.45, 7) is 4.67. The van der Waals surface area contributed by atoms with Gasteiger partial charge in [-0.1, -0.05) is 6.92 Å². The minimum absolute atomic E-state index is 0.121. The van der Waals surface area contributed by atoms with Crippen LogP contribution in [0.2, 0.25) is 0 Å². The summed E-state index contributed by atoms with van der Waals surface area (Å²) >= 11 is 0. The Morgan fingerprint density at radius 1 is 1.42 bits per heavy atom. The fourth-order valence-electron chi connectivity index (χ4n) is 1.76. The number of hydrogen-bond acceptors (Lipinski definition) is 4. The number of nitrogens with zero attached hydrogens (tertiary/aromatic N) is 2. The molecule has 1 aromatic rings. The molecule has 1 rings (SSSR count). The molecule has 2 N–H and O–H groups in total. The fraction of sp³-hybridized carbons (Fsp3) is 0.600. The van der Waals surface area contributed by atoms with E-state index in [1.54, 1.807) is 0 Å². The Bertz CT molecular complexity index is 426. The monoisotopic (exact) mass is 261 g/mol. The number of ether oxygens (including phenoxy) is 1. The van der Waals surface area contributed by atoms with Crippen molar-refractivity contribution in [1.29, 1.82) is 5.26 Å². The van der Waals surface area contributed by atoms with Gasteiger partial charge in [-0.2, -0.15) is 5.26 Å². The first-order valence-electron chi connectivity index (χ1n) is 6.89. The lowest BCUT2D eigenvalue weighted by Gasteiger charge is -2.14. The summed E-state index contributed by atoms with van der Waals surface area (Å²) in [6.07, 6.45) is 4.02. The first-order chi connectivity index (χ1) is 9.17. The second kappa shape index (κ2) is 8.49. The largest absolute Gasteiger partial charge is 0.492 e. The molecule has 1 unspecified atom stereocenters. The maximum Gasteiger partial charge on any atom is 0.140 e. The zero-order valence-electron chi connectivity index (χ0n) is 11.9. The molecular weight excluding hydrogens is 238 g/mol. The Balaban J connectivity index is 2.58. The van der Waals surface area contributed by atoms with Crippen LogP contribution in [0.1, 0.15) is 44.0 Å². The Kier molecular flexibility index (Phi) is 6.91. The van der Waals surface area contributed by atoms with Gasteiger partial charge in [0.25, 0.3) is 0 Å². The van der Waals surface area contributed by atoms with Crippen LogP contribution >= 0.6 is 0 Å². The molecule has 0 saturated carbocycles. The normalized spacial score (nSPS) is 11.9. The van der Waals surface area contributed by atoms with Gasteiger partial charge in [0.1, 0.15) is 5.75 Å². The van der Waals surface area contributed by atoms with Crippen molar-refractivity contribution < 1.29 is 4.74 Å². The first-order valence-corrected chi connectivity index (χ1v) is 6.89. The Morgan fingerprint density at radius 3 is 2.89 bits per heavy atom. The van der Waals surface area contributed by atoms with Gasteiger partial charge in [-0.15, -0.1) is 0 Å². The second-order valence-corrected chi connectivity index (χ2v) is 4.73. The van der Waals surface area contributed by atoms with E-state index in [1.165, 1.54) is 0 Å². The molecule has 104 valence electrons. The van der Waals surface area contributed by atoms with E-state index in [0.29, 0.717) is 13.0 Å². The van der Waals surface area contributed by atoms with Gasteiger partial charge in [0.05, 0.1) is 18.4 Å². The first kappa shape index (κ1) is 15.5. The number of aryl methyl sites for hydroxylation is 1. The standard InChI is InChI=1S/C15H23N3O/c1-3-13(17)11-14-15(8-7-12(2)18-14)19-10-6-4-5-9-16/h7-8,13H,3-6,10-11,17H2,1-2H3. The molecule has 4 heteroatoms. The molecule has 0 aromatic carbocycles. The number of nitrogens with two attached hydrogens (primary N) is 1. The van der Waals surface area contributed by atoms with Gasteiger partial charge < -0.3 is 10.5 Å². The topological polar surface area (TPSA) is 71.9 Å². The number of pyridine rings is 1. The molecule has 0 radical (unpaired) electrons. The van der Waals surface area contributed by atoms with Crippen LogP contribution in [0.3, 0.4) is 0 Å². The van der Waals surface area contributed by atoms with Crippen LogP contribution in [-0.4, -0.2) is 17.6 Å². The molecule has 0 aliphatic rings. The van der Waals surface area contributed by atoms with Crippen molar-refractivity contribution in [3.8, 4) is 11.8 Å². The lowest BCUT2D eigenvalue weighted by Crippen LogP contribution is -2.22. The van der Waals surface area contributed by atoms with Crippen molar-refractivity contribution in [2.45, 2.75) is 52.0 Å². The third-order valence-corrected chi connectivity index (χ3v) is 2.99. The molecule has 0 fully saturated rings. The SMILES string of the molecule is CCC(N)Cc1nc(C)ccc1OCCCCC#N. The quantitative estimate of drug-likeness (QED) is 0.730. The smallest absolute Gasteiger partial charge is 0.140 e. The molecule has 1 heterocycles. The van der Waals surface area contributed by atoms with Crippen LogP contribution in [-0.2, 0) is 6.42 Å².